The lowest BCUT2D eigenvalue weighted by molar-refractivity contribution is 0.104. The zero-order chi connectivity index (χ0) is 25.2. The Hall–Kier alpha value is -4.15. The number of ketones is 1. The summed E-state index contributed by atoms with van der Waals surface area (Å²) < 4.78 is 5.80. The lowest BCUT2D eigenvalue weighted by atomic mass is 10.0. The highest BCUT2D eigenvalue weighted by Crippen LogP contribution is 2.32. The number of aliphatic hydroxyl groups is 1. The molecule has 4 N–H and O–H groups in total. The molecule has 4 aromatic rings. The van der Waals surface area contributed by atoms with E-state index < -0.39 is 12.1 Å². The second-order valence-corrected chi connectivity index (χ2v) is 8.79. The highest BCUT2D eigenvalue weighted by molar-refractivity contribution is 6.35. The van der Waals surface area contributed by atoms with Crippen molar-refractivity contribution in [3.63, 3.8) is 0 Å². The summed E-state index contributed by atoms with van der Waals surface area (Å²) in [6, 6.07) is 13.3. The highest BCUT2D eigenvalue weighted by Gasteiger charge is 2.35. The van der Waals surface area contributed by atoms with Crippen molar-refractivity contribution in [2.45, 2.75) is 18.5 Å². The van der Waals surface area contributed by atoms with E-state index >= 15 is 0 Å². The molecule has 0 aliphatic carbocycles. The number of ether oxygens (including phenoxy) is 1. The molecule has 2 aromatic heterocycles. The molecule has 184 valence electrons. The van der Waals surface area contributed by atoms with Gasteiger partial charge in [-0.05, 0) is 30.7 Å². The number of halogens is 1. The Bertz CT molecular complexity index is 1430. The number of hydrogen-bond acceptors (Lipinski definition) is 7. The third kappa shape index (κ3) is 4.56. The molecule has 36 heavy (non-hydrogen) atoms. The summed E-state index contributed by atoms with van der Waals surface area (Å²) in [4.78, 5) is 37.7. The summed E-state index contributed by atoms with van der Waals surface area (Å²) in [5.74, 6) is 1.20. The first-order valence-corrected chi connectivity index (χ1v) is 11.6. The predicted molar refractivity (Wildman–Crippen MR) is 133 cm³/mol. The van der Waals surface area contributed by atoms with Gasteiger partial charge in [0.2, 0.25) is 0 Å². The van der Waals surface area contributed by atoms with Crippen LogP contribution in [0.1, 0.15) is 22.3 Å². The number of carbonyl (C=O) groups excluding carboxylic acids is 1. The van der Waals surface area contributed by atoms with Crippen LogP contribution in [0.15, 0.2) is 61.1 Å². The molecule has 1 amide bonds. The van der Waals surface area contributed by atoms with Crippen LogP contribution in [0, 0.1) is 0 Å². The quantitative estimate of drug-likeness (QED) is 0.273. The van der Waals surface area contributed by atoms with E-state index in [1.165, 1.54) is 11.2 Å². The van der Waals surface area contributed by atoms with Crippen LogP contribution in [0.2, 0.25) is 5.02 Å². The summed E-state index contributed by atoms with van der Waals surface area (Å²) in [6.07, 6.45) is 2.20. The number of aromatic nitrogens is 3. The Morgan fingerprint density at radius 1 is 1.14 bits per heavy atom. The van der Waals surface area contributed by atoms with Gasteiger partial charge in [0.1, 0.15) is 29.3 Å². The Morgan fingerprint density at radius 2 is 1.94 bits per heavy atom. The van der Waals surface area contributed by atoms with Gasteiger partial charge in [0, 0.05) is 30.4 Å². The van der Waals surface area contributed by atoms with Crippen molar-refractivity contribution in [1.29, 1.82) is 0 Å². The smallest absolute Gasteiger partial charge is 0.407 e. The normalized spacial score (nSPS) is 17.3. The number of likely N-dealkylation sites (tertiary alicyclic amines) is 1. The van der Waals surface area contributed by atoms with E-state index in [-0.39, 0.29) is 35.6 Å². The number of aliphatic hydroxyl groups excluding tert-OH is 1. The fourth-order valence-corrected chi connectivity index (χ4v) is 4.64. The molecule has 1 aliphatic rings. The Balaban J connectivity index is 1.42. The molecule has 11 heteroatoms. The Kier molecular flexibility index (Phi) is 6.45. The van der Waals surface area contributed by atoms with Crippen LogP contribution in [-0.4, -0.2) is 67.2 Å². The van der Waals surface area contributed by atoms with Crippen LogP contribution < -0.4 is 10.1 Å². The molecule has 2 atom stereocenters. The number of rotatable bonds is 7. The molecule has 1 fully saturated rings. The van der Waals surface area contributed by atoms with Gasteiger partial charge in [-0.25, -0.2) is 14.8 Å². The first-order chi connectivity index (χ1) is 17.4. The number of aromatic amines is 1. The lowest BCUT2D eigenvalue weighted by Crippen LogP contribution is -2.37. The third-order valence-corrected chi connectivity index (χ3v) is 6.40. The Labute approximate surface area is 210 Å². The minimum absolute atomic E-state index is 0.175. The second-order valence-electron chi connectivity index (χ2n) is 8.38. The van der Waals surface area contributed by atoms with Gasteiger partial charge in [0.15, 0.2) is 5.78 Å². The fraction of sp³-hybridized carbons (Fsp3) is 0.200. The molecule has 0 bridgehead atoms. The molecular formula is C25H22ClN5O5. The summed E-state index contributed by atoms with van der Waals surface area (Å²) in [7, 11) is 0. The molecular weight excluding hydrogens is 486 g/mol. The molecule has 3 heterocycles. The maximum Gasteiger partial charge on any atom is 0.407 e. The van der Waals surface area contributed by atoms with Gasteiger partial charge in [-0.1, -0.05) is 29.8 Å². The summed E-state index contributed by atoms with van der Waals surface area (Å²) in [6.45, 7) is -0.103. The Morgan fingerprint density at radius 3 is 2.64 bits per heavy atom. The van der Waals surface area contributed by atoms with Crippen molar-refractivity contribution >= 4 is 40.3 Å². The van der Waals surface area contributed by atoms with Gasteiger partial charge >= 0.3 is 6.09 Å². The van der Waals surface area contributed by atoms with E-state index in [4.69, 9.17) is 16.3 Å². The molecule has 2 aromatic carbocycles. The lowest BCUT2D eigenvalue weighted by Gasteiger charge is -2.18. The first kappa shape index (κ1) is 23.6. The number of nitrogens with one attached hydrogen (secondary N) is 2. The summed E-state index contributed by atoms with van der Waals surface area (Å²) >= 11 is 6.47. The molecule has 1 aliphatic heterocycles. The number of fused-ring (bicyclic) bond motifs is 1. The van der Waals surface area contributed by atoms with Crippen LogP contribution in [0.4, 0.5) is 10.6 Å². The van der Waals surface area contributed by atoms with Gasteiger partial charge in [-0.3, -0.25) is 4.79 Å². The van der Waals surface area contributed by atoms with Crippen molar-refractivity contribution in [2.24, 2.45) is 0 Å². The number of carbonyl (C=O) groups is 2. The van der Waals surface area contributed by atoms with Crippen molar-refractivity contribution in [3.05, 3.63) is 77.2 Å². The van der Waals surface area contributed by atoms with Crippen molar-refractivity contribution in [2.75, 3.05) is 18.5 Å². The maximum atomic E-state index is 13.5. The van der Waals surface area contributed by atoms with Gasteiger partial charge in [-0.2, -0.15) is 0 Å². The van der Waals surface area contributed by atoms with Crippen LogP contribution >= 0.6 is 11.6 Å². The summed E-state index contributed by atoms with van der Waals surface area (Å²) in [5, 5.41) is 22.9. The van der Waals surface area contributed by atoms with E-state index in [2.05, 4.69) is 20.3 Å². The van der Waals surface area contributed by atoms with E-state index in [1.54, 1.807) is 24.4 Å². The van der Waals surface area contributed by atoms with Gasteiger partial charge in [0.05, 0.1) is 28.6 Å². The number of H-pyrrole nitrogens is 1. The minimum Gasteiger partial charge on any atom is -0.465 e. The SMILES string of the molecule is O=C(c1ccc(Oc2ccccc2)cc1Cl)c1c[nH]c2ncnc(N[C@@H]3C[C@@H](CO)N(C(=O)O)C3)c12. The molecule has 0 spiro atoms. The zero-order valence-corrected chi connectivity index (χ0v) is 19.6. The van der Waals surface area contributed by atoms with E-state index in [1.807, 2.05) is 30.3 Å². The molecule has 10 nitrogen and oxygen atoms in total. The number of benzene rings is 2. The average molecular weight is 508 g/mol. The molecule has 0 unspecified atom stereocenters. The van der Waals surface area contributed by atoms with Crippen molar-refractivity contribution in [1.82, 2.24) is 19.9 Å². The van der Waals surface area contributed by atoms with Crippen LogP contribution in [0.25, 0.3) is 11.0 Å². The van der Waals surface area contributed by atoms with Crippen LogP contribution in [0.5, 0.6) is 11.5 Å². The third-order valence-electron chi connectivity index (χ3n) is 6.09. The molecule has 5 rings (SSSR count). The minimum atomic E-state index is -1.10. The predicted octanol–water partition coefficient (Wildman–Crippen LogP) is 4.16. The van der Waals surface area contributed by atoms with Crippen LogP contribution in [0.3, 0.4) is 0 Å². The topological polar surface area (TPSA) is 141 Å². The number of hydrogen-bond donors (Lipinski definition) is 4. The maximum absolute atomic E-state index is 13.5. The number of carboxylic acid groups (broad SMARTS) is 1. The monoisotopic (exact) mass is 507 g/mol. The first-order valence-electron chi connectivity index (χ1n) is 11.2. The second kappa shape index (κ2) is 9.84. The average Bonchev–Trinajstić information content (AvgIpc) is 3.49. The highest BCUT2D eigenvalue weighted by atomic mass is 35.5. The van der Waals surface area contributed by atoms with Crippen LogP contribution in [-0.2, 0) is 0 Å². The van der Waals surface area contributed by atoms with Gasteiger partial charge < -0.3 is 30.2 Å². The number of nitrogens with zero attached hydrogens (tertiary/aromatic N) is 3. The number of para-hydroxylation sites is 1. The number of amides is 1. The standard InChI is InChI=1S/C25H22ClN5O5/c26-20-9-17(36-16-4-2-1-3-5-16)6-7-18(20)22(33)19-10-27-23-21(19)24(29-13-28-23)30-14-8-15(12-32)31(11-14)25(34)35/h1-7,9-10,13-15,32H,8,11-12H2,(H,34,35)(H2,27,28,29,30)/t14-,15+/m1/s1. The molecule has 0 radical (unpaired) electrons. The van der Waals surface area contributed by atoms with E-state index in [9.17, 15) is 19.8 Å². The zero-order valence-electron chi connectivity index (χ0n) is 18.9. The summed E-state index contributed by atoms with van der Waals surface area (Å²) in [5.41, 5.74) is 1.05. The van der Waals surface area contributed by atoms with E-state index in [0.29, 0.717) is 40.3 Å². The molecule has 1 saturated heterocycles. The van der Waals surface area contributed by atoms with E-state index in [0.717, 1.165) is 0 Å². The van der Waals surface area contributed by atoms with Crippen molar-refractivity contribution < 1.29 is 24.5 Å². The molecule has 0 saturated carbocycles. The fourth-order valence-electron chi connectivity index (χ4n) is 4.39. The largest absolute Gasteiger partial charge is 0.465 e. The van der Waals surface area contributed by atoms with Crippen molar-refractivity contribution in [3.8, 4) is 11.5 Å². The van der Waals surface area contributed by atoms with Gasteiger partial charge in [-0.15, -0.1) is 0 Å². The number of anilines is 1. The van der Waals surface area contributed by atoms with Gasteiger partial charge in [0.25, 0.3) is 0 Å².